The molecular weight excluding hydrogens is 520 g/mol. The number of rotatable bonds is 2. The molecule has 0 radical (unpaired) electrons. The highest BCUT2D eigenvalue weighted by atomic mass is 79.9. The van der Waals surface area contributed by atoms with Crippen LogP contribution in [0.3, 0.4) is 0 Å². The van der Waals surface area contributed by atoms with E-state index in [1.165, 1.54) is 0 Å². The number of aromatic amines is 1. The molecule has 3 aromatic rings. The monoisotopic (exact) mass is 550 g/mol. The van der Waals surface area contributed by atoms with E-state index in [0.717, 1.165) is 26.6 Å². The van der Waals surface area contributed by atoms with Gasteiger partial charge in [0.05, 0.1) is 5.56 Å². The molecular formula is C29H31BrN2O4. The Bertz CT molecular complexity index is 1400. The SMILES string of the molecule is CC(C)(C)OC(=O)N1CCC(C(=O)c2ccc3c(c2)C(C)(C)c2[nH]c4cc(Br)ccc4c2C3=O)CC1. The molecule has 0 saturated carbocycles. The summed E-state index contributed by atoms with van der Waals surface area (Å²) < 4.78 is 6.42. The number of hydrogen-bond donors (Lipinski definition) is 1. The summed E-state index contributed by atoms with van der Waals surface area (Å²) in [4.78, 5) is 44.6. The van der Waals surface area contributed by atoms with Crippen molar-refractivity contribution in [2.24, 2.45) is 5.92 Å². The number of nitrogens with zero attached hydrogens (tertiary/aromatic N) is 1. The van der Waals surface area contributed by atoms with Gasteiger partial charge in [-0.25, -0.2) is 4.79 Å². The molecule has 0 spiro atoms. The number of ether oxygens (including phenoxy) is 1. The fourth-order valence-corrected chi connectivity index (χ4v) is 5.80. The maximum atomic E-state index is 13.6. The Labute approximate surface area is 219 Å². The van der Waals surface area contributed by atoms with E-state index in [9.17, 15) is 14.4 Å². The van der Waals surface area contributed by atoms with Gasteiger partial charge in [0.2, 0.25) is 0 Å². The molecule has 1 aliphatic heterocycles. The Morgan fingerprint density at radius 3 is 2.44 bits per heavy atom. The van der Waals surface area contributed by atoms with Crippen LogP contribution in [0, 0.1) is 5.92 Å². The third kappa shape index (κ3) is 4.17. The molecule has 0 atom stereocenters. The van der Waals surface area contributed by atoms with Gasteiger partial charge in [-0.2, -0.15) is 0 Å². The molecule has 5 rings (SSSR count). The minimum absolute atomic E-state index is 0.0161. The molecule has 6 nitrogen and oxygen atoms in total. The summed E-state index contributed by atoms with van der Waals surface area (Å²) in [6, 6.07) is 11.4. The highest BCUT2D eigenvalue weighted by Crippen LogP contribution is 2.44. The van der Waals surface area contributed by atoms with Gasteiger partial charge in [-0.3, -0.25) is 9.59 Å². The zero-order chi connectivity index (χ0) is 26.0. The number of fused-ring (bicyclic) bond motifs is 4. The number of carbonyl (C=O) groups is 3. The number of amides is 1. The van der Waals surface area contributed by atoms with E-state index in [1.54, 1.807) is 11.0 Å². The molecule has 2 aromatic carbocycles. The van der Waals surface area contributed by atoms with Crippen LogP contribution in [0.15, 0.2) is 40.9 Å². The van der Waals surface area contributed by atoms with Crippen molar-refractivity contribution in [2.75, 3.05) is 13.1 Å². The summed E-state index contributed by atoms with van der Waals surface area (Å²) in [5.41, 5.74) is 3.62. The minimum atomic E-state index is -0.543. The van der Waals surface area contributed by atoms with Gasteiger partial charge in [0.1, 0.15) is 5.60 Å². The van der Waals surface area contributed by atoms with Crippen molar-refractivity contribution >= 4 is 44.5 Å². The molecule has 0 bridgehead atoms. The van der Waals surface area contributed by atoms with E-state index in [4.69, 9.17) is 4.74 Å². The second-order valence-electron chi connectivity index (χ2n) is 11.4. The Morgan fingerprint density at radius 2 is 1.78 bits per heavy atom. The number of carbonyl (C=O) groups excluding carboxylic acids is 3. The molecule has 1 fully saturated rings. The van der Waals surface area contributed by atoms with Crippen LogP contribution >= 0.6 is 15.9 Å². The van der Waals surface area contributed by atoms with Crippen molar-refractivity contribution in [2.45, 2.75) is 58.5 Å². The van der Waals surface area contributed by atoms with E-state index >= 15 is 0 Å². The first-order chi connectivity index (χ1) is 16.9. The van der Waals surface area contributed by atoms with Crippen LogP contribution in [-0.4, -0.2) is 46.2 Å². The average Bonchev–Trinajstić information content (AvgIpc) is 3.21. The van der Waals surface area contributed by atoms with Gasteiger partial charge in [-0.15, -0.1) is 0 Å². The van der Waals surface area contributed by atoms with Crippen LogP contribution < -0.4 is 0 Å². The maximum Gasteiger partial charge on any atom is 0.410 e. The highest BCUT2D eigenvalue weighted by molar-refractivity contribution is 9.10. The smallest absolute Gasteiger partial charge is 0.410 e. The van der Waals surface area contributed by atoms with Crippen molar-refractivity contribution < 1.29 is 19.1 Å². The lowest BCUT2D eigenvalue weighted by Crippen LogP contribution is -2.43. The minimum Gasteiger partial charge on any atom is -0.444 e. The first-order valence-corrected chi connectivity index (χ1v) is 13.2. The predicted molar refractivity (Wildman–Crippen MR) is 143 cm³/mol. The molecule has 2 heterocycles. The fourth-order valence-electron chi connectivity index (χ4n) is 5.44. The molecule has 0 unspecified atom stereocenters. The number of halogens is 1. The third-order valence-electron chi connectivity index (χ3n) is 7.35. The summed E-state index contributed by atoms with van der Waals surface area (Å²) in [7, 11) is 0. The van der Waals surface area contributed by atoms with Crippen LogP contribution in [0.25, 0.3) is 10.9 Å². The summed E-state index contributed by atoms with van der Waals surface area (Å²) in [6.07, 6.45) is 0.862. The number of hydrogen-bond acceptors (Lipinski definition) is 4. The molecule has 36 heavy (non-hydrogen) atoms. The van der Waals surface area contributed by atoms with Gasteiger partial charge >= 0.3 is 6.09 Å². The topological polar surface area (TPSA) is 79.5 Å². The van der Waals surface area contributed by atoms with Crippen molar-refractivity contribution in [3.63, 3.8) is 0 Å². The number of aromatic nitrogens is 1. The second kappa shape index (κ2) is 8.58. The van der Waals surface area contributed by atoms with Gasteiger partial charge in [0.15, 0.2) is 11.6 Å². The van der Waals surface area contributed by atoms with Gasteiger partial charge in [-0.1, -0.05) is 48.0 Å². The number of benzene rings is 2. The predicted octanol–water partition coefficient (Wildman–Crippen LogP) is 6.63. The third-order valence-corrected chi connectivity index (χ3v) is 7.85. The van der Waals surface area contributed by atoms with Crippen molar-refractivity contribution in [3.8, 4) is 0 Å². The quantitative estimate of drug-likeness (QED) is 0.363. The molecule has 1 saturated heterocycles. The van der Waals surface area contributed by atoms with Crippen molar-refractivity contribution in [1.29, 1.82) is 0 Å². The number of piperidine rings is 1. The van der Waals surface area contributed by atoms with Crippen molar-refractivity contribution in [1.82, 2.24) is 9.88 Å². The van der Waals surface area contributed by atoms with E-state index in [0.29, 0.717) is 42.6 Å². The van der Waals surface area contributed by atoms with E-state index in [2.05, 4.69) is 34.8 Å². The number of likely N-dealkylation sites (tertiary alicyclic amines) is 1. The zero-order valence-electron chi connectivity index (χ0n) is 21.3. The van der Waals surface area contributed by atoms with Gasteiger partial charge in [0.25, 0.3) is 0 Å². The lowest BCUT2D eigenvalue weighted by atomic mass is 9.70. The van der Waals surface area contributed by atoms with E-state index in [-0.39, 0.29) is 23.6 Å². The van der Waals surface area contributed by atoms with E-state index < -0.39 is 11.0 Å². The maximum absolute atomic E-state index is 13.6. The lowest BCUT2D eigenvalue weighted by molar-refractivity contribution is 0.0182. The molecule has 188 valence electrons. The zero-order valence-corrected chi connectivity index (χ0v) is 22.9. The summed E-state index contributed by atoms with van der Waals surface area (Å²) in [6.45, 7) is 10.7. The summed E-state index contributed by atoms with van der Waals surface area (Å²) in [5.74, 6) is -0.112. The van der Waals surface area contributed by atoms with Crippen LogP contribution in [0.1, 0.15) is 85.0 Å². The average molecular weight is 551 g/mol. The van der Waals surface area contributed by atoms with Crippen molar-refractivity contribution in [3.05, 3.63) is 68.8 Å². The van der Waals surface area contributed by atoms with Crippen LogP contribution in [0.5, 0.6) is 0 Å². The molecule has 1 amide bonds. The molecule has 1 N–H and O–H groups in total. The largest absolute Gasteiger partial charge is 0.444 e. The standard InChI is InChI=1S/C29H31BrN2O4/c1-28(2,3)36-27(35)32-12-10-16(11-13-32)24(33)17-6-8-19-21(14-17)29(4,5)26-23(25(19)34)20-9-7-18(30)15-22(20)31-26/h6-9,14-16,31H,10-13H2,1-5H3. The Kier molecular flexibility index (Phi) is 5.90. The molecule has 1 aliphatic carbocycles. The number of Topliss-reactive ketones (excluding diaryl/α,β-unsaturated/α-hetero) is 1. The Morgan fingerprint density at radius 1 is 1.08 bits per heavy atom. The first kappa shape index (κ1) is 24.8. The Balaban J connectivity index is 1.40. The van der Waals surface area contributed by atoms with Crippen LogP contribution in [0.2, 0.25) is 0 Å². The molecule has 1 aromatic heterocycles. The molecule has 7 heteroatoms. The number of nitrogens with one attached hydrogen (secondary N) is 1. The number of ketones is 2. The normalized spacial score (nSPS) is 17.6. The summed E-state index contributed by atoms with van der Waals surface area (Å²) in [5, 5.41) is 0.911. The summed E-state index contributed by atoms with van der Waals surface area (Å²) >= 11 is 3.51. The molecule has 2 aliphatic rings. The highest BCUT2D eigenvalue weighted by Gasteiger charge is 2.40. The van der Waals surface area contributed by atoms with Gasteiger partial charge in [-0.05, 0) is 57.4 Å². The van der Waals surface area contributed by atoms with Crippen LogP contribution in [0.4, 0.5) is 4.79 Å². The number of H-pyrrole nitrogens is 1. The van der Waals surface area contributed by atoms with E-state index in [1.807, 2.05) is 51.1 Å². The first-order valence-electron chi connectivity index (χ1n) is 12.4. The fraction of sp³-hybridized carbons (Fsp3) is 0.414. The Hall–Kier alpha value is -2.93. The van der Waals surface area contributed by atoms with Gasteiger partial charge < -0.3 is 14.6 Å². The lowest BCUT2D eigenvalue weighted by Gasteiger charge is -2.34. The second-order valence-corrected chi connectivity index (χ2v) is 12.3. The van der Waals surface area contributed by atoms with Crippen LogP contribution in [-0.2, 0) is 10.2 Å². The van der Waals surface area contributed by atoms with Gasteiger partial charge in [0, 0.05) is 56.6 Å².